The number of benzene rings is 1. The zero-order valence-corrected chi connectivity index (χ0v) is 14.9. The van der Waals surface area contributed by atoms with Gasteiger partial charge in [0.15, 0.2) is 6.10 Å². The van der Waals surface area contributed by atoms with Crippen LogP contribution in [0.1, 0.15) is 76.5 Å². The van der Waals surface area contributed by atoms with Gasteiger partial charge in [-0.3, -0.25) is 9.78 Å². The van der Waals surface area contributed by atoms with Gasteiger partial charge in [-0.2, -0.15) is 0 Å². The fourth-order valence-corrected chi connectivity index (χ4v) is 3.26. The van der Waals surface area contributed by atoms with E-state index in [0.717, 1.165) is 12.8 Å². The van der Waals surface area contributed by atoms with Crippen molar-refractivity contribution < 1.29 is 19.8 Å². The van der Waals surface area contributed by atoms with Crippen molar-refractivity contribution in [3.63, 3.8) is 0 Å². The van der Waals surface area contributed by atoms with E-state index in [1.807, 2.05) is 12.1 Å². The Balaban J connectivity index is 1.39. The standard InChI is InChI=1S/C21H22N2O4/c24-19(15-7-3-13(4-8-15)12-1-2-12)20(25)22-11-16-9-10-17(21(26)27)18(23-16)14-5-6-14/h3-4,7-10,12,14,19,24H,1-2,5-6,11H2,(H,22,25)(H,26,27). The van der Waals surface area contributed by atoms with E-state index in [1.165, 1.54) is 24.5 Å². The van der Waals surface area contributed by atoms with E-state index in [-0.39, 0.29) is 18.0 Å². The van der Waals surface area contributed by atoms with Gasteiger partial charge < -0.3 is 15.5 Å². The van der Waals surface area contributed by atoms with Crippen molar-refractivity contribution in [3.05, 3.63) is 64.5 Å². The molecule has 0 spiro atoms. The molecule has 2 aromatic rings. The molecular formula is C21H22N2O4. The molecule has 27 heavy (non-hydrogen) atoms. The molecule has 1 aromatic heterocycles. The number of hydrogen-bond donors (Lipinski definition) is 3. The molecule has 140 valence electrons. The molecule has 2 saturated carbocycles. The summed E-state index contributed by atoms with van der Waals surface area (Å²) in [6.45, 7) is 0.148. The minimum absolute atomic E-state index is 0.148. The molecule has 0 aliphatic heterocycles. The Morgan fingerprint density at radius 3 is 2.30 bits per heavy atom. The Morgan fingerprint density at radius 2 is 1.70 bits per heavy atom. The quantitative estimate of drug-likeness (QED) is 0.700. The number of carboxylic acids is 1. The summed E-state index contributed by atoms with van der Waals surface area (Å²) in [5.41, 5.74) is 3.21. The van der Waals surface area contributed by atoms with Crippen LogP contribution in [0.3, 0.4) is 0 Å². The number of carbonyl (C=O) groups excluding carboxylic acids is 1. The Hall–Kier alpha value is -2.73. The Bertz CT molecular complexity index is 870. The summed E-state index contributed by atoms with van der Waals surface area (Å²) in [4.78, 5) is 28.0. The number of hydrogen-bond acceptors (Lipinski definition) is 4. The van der Waals surface area contributed by atoms with E-state index in [1.54, 1.807) is 18.2 Å². The fraction of sp³-hybridized carbons (Fsp3) is 0.381. The third-order valence-electron chi connectivity index (χ3n) is 5.17. The Labute approximate surface area is 157 Å². The molecule has 2 aliphatic rings. The van der Waals surface area contributed by atoms with Crippen molar-refractivity contribution >= 4 is 11.9 Å². The molecule has 1 amide bonds. The lowest BCUT2D eigenvalue weighted by Crippen LogP contribution is -2.29. The first-order valence-corrected chi connectivity index (χ1v) is 9.31. The molecule has 6 nitrogen and oxygen atoms in total. The maximum absolute atomic E-state index is 12.3. The number of amides is 1. The van der Waals surface area contributed by atoms with E-state index in [9.17, 15) is 19.8 Å². The van der Waals surface area contributed by atoms with Crippen LogP contribution in [0.2, 0.25) is 0 Å². The monoisotopic (exact) mass is 366 g/mol. The first kappa shape index (κ1) is 17.7. The highest BCUT2D eigenvalue weighted by atomic mass is 16.4. The highest BCUT2D eigenvalue weighted by molar-refractivity contribution is 5.89. The number of aliphatic hydroxyl groups is 1. The number of nitrogens with one attached hydrogen (secondary N) is 1. The molecule has 0 saturated heterocycles. The number of carboxylic acid groups (broad SMARTS) is 1. The molecule has 1 atom stereocenters. The number of aliphatic hydroxyl groups excluding tert-OH is 1. The predicted octanol–water partition coefficient (Wildman–Crippen LogP) is 2.88. The molecule has 1 aromatic carbocycles. The zero-order chi connectivity index (χ0) is 19.0. The second-order valence-corrected chi connectivity index (χ2v) is 7.38. The summed E-state index contributed by atoms with van der Waals surface area (Å²) in [5, 5.41) is 22.2. The number of rotatable bonds is 7. The minimum Gasteiger partial charge on any atom is -0.478 e. The van der Waals surface area contributed by atoms with Crippen LogP contribution in [0.4, 0.5) is 0 Å². The zero-order valence-electron chi connectivity index (χ0n) is 14.9. The summed E-state index contributed by atoms with van der Waals surface area (Å²) in [6, 6.07) is 10.7. The van der Waals surface area contributed by atoms with Crippen LogP contribution in [0.5, 0.6) is 0 Å². The lowest BCUT2D eigenvalue weighted by Gasteiger charge is -2.13. The number of pyridine rings is 1. The number of nitrogens with zero attached hydrogens (tertiary/aromatic N) is 1. The second kappa shape index (κ2) is 7.12. The van der Waals surface area contributed by atoms with E-state index >= 15 is 0 Å². The highest BCUT2D eigenvalue weighted by Crippen LogP contribution is 2.41. The minimum atomic E-state index is -1.24. The average Bonchev–Trinajstić information content (AvgIpc) is 3.58. The predicted molar refractivity (Wildman–Crippen MR) is 98.4 cm³/mol. The molecule has 2 aliphatic carbocycles. The van der Waals surface area contributed by atoms with Gasteiger partial charge in [0, 0.05) is 5.92 Å². The van der Waals surface area contributed by atoms with Crippen LogP contribution in [0.15, 0.2) is 36.4 Å². The summed E-state index contributed by atoms with van der Waals surface area (Å²) >= 11 is 0. The first-order chi connectivity index (χ1) is 13.0. The van der Waals surface area contributed by atoms with Crippen LogP contribution < -0.4 is 5.32 Å². The average molecular weight is 366 g/mol. The van der Waals surface area contributed by atoms with Crippen molar-refractivity contribution in [1.82, 2.24) is 10.3 Å². The fourth-order valence-electron chi connectivity index (χ4n) is 3.26. The Morgan fingerprint density at radius 1 is 1.04 bits per heavy atom. The van der Waals surface area contributed by atoms with Gasteiger partial charge in [0.25, 0.3) is 5.91 Å². The SMILES string of the molecule is O=C(O)c1ccc(CNC(=O)C(O)c2ccc(C3CC3)cc2)nc1C1CC1. The molecule has 0 radical (unpaired) electrons. The molecule has 1 heterocycles. The van der Waals surface area contributed by atoms with Gasteiger partial charge in [-0.15, -0.1) is 0 Å². The molecule has 4 rings (SSSR count). The number of aromatic nitrogens is 1. The van der Waals surface area contributed by atoms with Crippen molar-refractivity contribution in [1.29, 1.82) is 0 Å². The van der Waals surface area contributed by atoms with E-state index in [2.05, 4.69) is 10.3 Å². The van der Waals surface area contributed by atoms with Gasteiger partial charge in [-0.05, 0) is 54.9 Å². The highest BCUT2D eigenvalue weighted by Gasteiger charge is 2.30. The summed E-state index contributed by atoms with van der Waals surface area (Å²) in [6.07, 6.45) is 3.06. The topological polar surface area (TPSA) is 99.5 Å². The summed E-state index contributed by atoms with van der Waals surface area (Å²) < 4.78 is 0. The number of carbonyl (C=O) groups is 2. The third-order valence-corrected chi connectivity index (χ3v) is 5.17. The van der Waals surface area contributed by atoms with E-state index < -0.39 is 18.0 Å². The smallest absolute Gasteiger partial charge is 0.337 e. The third kappa shape index (κ3) is 4.01. The largest absolute Gasteiger partial charge is 0.478 e. The van der Waals surface area contributed by atoms with Crippen molar-refractivity contribution in [3.8, 4) is 0 Å². The van der Waals surface area contributed by atoms with Gasteiger partial charge in [0.2, 0.25) is 0 Å². The molecule has 1 unspecified atom stereocenters. The molecule has 0 bridgehead atoms. The second-order valence-electron chi connectivity index (χ2n) is 7.38. The van der Waals surface area contributed by atoms with Crippen molar-refractivity contribution in [2.45, 2.75) is 50.2 Å². The van der Waals surface area contributed by atoms with Gasteiger partial charge in [-0.25, -0.2) is 4.79 Å². The molecule has 3 N–H and O–H groups in total. The first-order valence-electron chi connectivity index (χ1n) is 9.31. The van der Waals surface area contributed by atoms with Gasteiger partial charge in [0.05, 0.1) is 23.5 Å². The van der Waals surface area contributed by atoms with Crippen LogP contribution >= 0.6 is 0 Å². The van der Waals surface area contributed by atoms with Crippen LogP contribution in [0, 0.1) is 0 Å². The van der Waals surface area contributed by atoms with Gasteiger partial charge in [0.1, 0.15) is 0 Å². The van der Waals surface area contributed by atoms with Gasteiger partial charge in [-0.1, -0.05) is 24.3 Å². The van der Waals surface area contributed by atoms with Gasteiger partial charge >= 0.3 is 5.97 Å². The normalized spacial score (nSPS) is 17.4. The lowest BCUT2D eigenvalue weighted by molar-refractivity contribution is -0.129. The van der Waals surface area contributed by atoms with Crippen molar-refractivity contribution in [2.24, 2.45) is 0 Å². The van der Waals surface area contributed by atoms with E-state index in [4.69, 9.17) is 0 Å². The van der Waals surface area contributed by atoms with Crippen LogP contribution in [-0.2, 0) is 11.3 Å². The van der Waals surface area contributed by atoms with Crippen LogP contribution in [-0.4, -0.2) is 27.1 Å². The maximum Gasteiger partial charge on any atom is 0.337 e. The summed E-state index contributed by atoms with van der Waals surface area (Å²) in [7, 11) is 0. The van der Waals surface area contributed by atoms with Crippen molar-refractivity contribution in [2.75, 3.05) is 0 Å². The molecular weight excluding hydrogens is 344 g/mol. The maximum atomic E-state index is 12.3. The van der Waals surface area contributed by atoms with E-state index in [0.29, 0.717) is 22.9 Å². The molecule has 2 fully saturated rings. The van der Waals surface area contributed by atoms with Crippen LogP contribution in [0.25, 0.3) is 0 Å². The summed E-state index contributed by atoms with van der Waals surface area (Å²) in [5.74, 6) is -0.649. The Kier molecular flexibility index (Phi) is 4.66. The lowest BCUT2D eigenvalue weighted by atomic mass is 10.0. The number of aromatic carboxylic acids is 1. The molecule has 6 heteroatoms.